The van der Waals surface area contributed by atoms with Gasteiger partial charge in [-0.25, -0.2) is 0 Å². The molecular formula is C19H18Cl2N4O2. The monoisotopic (exact) mass is 404 g/mol. The van der Waals surface area contributed by atoms with E-state index in [0.29, 0.717) is 15.7 Å². The molecule has 0 radical (unpaired) electrons. The van der Waals surface area contributed by atoms with Crippen LogP contribution in [0.15, 0.2) is 33.2 Å². The molecule has 1 heterocycles. The molecule has 1 aromatic heterocycles. The van der Waals surface area contributed by atoms with Crippen LogP contribution < -0.4 is 5.56 Å². The molecule has 2 aromatic rings. The van der Waals surface area contributed by atoms with Gasteiger partial charge in [0, 0.05) is 16.6 Å². The number of rotatable bonds is 3. The van der Waals surface area contributed by atoms with Gasteiger partial charge in [0.15, 0.2) is 5.69 Å². The van der Waals surface area contributed by atoms with Crippen LogP contribution in [0.25, 0.3) is 0 Å². The van der Waals surface area contributed by atoms with Crippen LogP contribution in [0, 0.1) is 18.3 Å². The third-order valence-electron chi connectivity index (χ3n) is 4.82. The molecule has 6 nitrogen and oxygen atoms in total. The molecule has 0 spiro atoms. The zero-order valence-electron chi connectivity index (χ0n) is 14.7. The van der Waals surface area contributed by atoms with E-state index >= 15 is 0 Å². The zero-order chi connectivity index (χ0) is 19.6. The summed E-state index contributed by atoms with van der Waals surface area (Å²) in [4.78, 5) is 13.0. The maximum Gasteiger partial charge on any atom is 0.281 e. The summed E-state index contributed by atoms with van der Waals surface area (Å²) in [7, 11) is 0. The summed E-state index contributed by atoms with van der Waals surface area (Å²) in [6.07, 6.45) is 4.60. The van der Waals surface area contributed by atoms with Crippen LogP contribution in [0.2, 0.25) is 10.0 Å². The first kappa shape index (κ1) is 19.4. The Balaban J connectivity index is 2.15. The van der Waals surface area contributed by atoms with Crippen LogP contribution in [-0.2, 0) is 0 Å². The van der Waals surface area contributed by atoms with Gasteiger partial charge < -0.3 is 5.11 Å². The lowest BCUT2D eigenvalue weighted by Crippen LogP contribution is -2.27. The van der Waals surface area contributed by atoms with Crippen molar-refractivity contribution in [2.24, 2.45) is 10.2 Å². The molecular weight excluding hydrogens is 387 g/mol. The Kier molecular flexibility index (Phi) is 5.83. The van der Waals surface area contributed by atoms with Crippen molar-refractivity contribution in [3.63, 3.8) is 0 Å². The predicted molar refractivity (Wildman–Crippen MR) is 105 cm³/mol. The Bertz CT molecular complexity index is 1000. The summed E-state index contributed by atoms with van der Waals surface area (Å²) in [5, 5.41) is 28.9. The van der Waals surface area contributed by atoms with E-state index in [0.717, 1.165) is 32.1 Å². The van der Waals surface area contributed by atoms with Crippen molar-refractivity contribution >= 4 is 34.6 Å². The van der Waals surface area contributed by atoms with E-state index in [2.05, 4.69) is 10.2 Å². The SMILES string of the molecule is Cc1c(C#N)c(O)n(C2CCCCC2)c(=O)c1N=Nc1cc(Cl)ccc1Cl. The standard InChI is InChI=1S/C19H18Cl2N4O2/c1-11-14(10-22)18(26)25(13-5-3-2-4-6-13)19(27)17(11)24-23-16-9-12(20)7-8-15(16)21/h7-9,13,26H,2-6H2,1H3. The quantitative estimate of drug-likeness (QED) is 0.639. The van der Waals surface area contributed by atoms with Gasteiger partial charge in [0.2, 0.25) is 5.88 Å². The molecule has 0 bridgehead atoms. The fourth-order valence-corrected chi connectivity index (χ4v) is 3.69. The first-order valence-electron chi connectivity index (χ1n) is 8.69. The molecule has 8 heteroatoms. The lowest BCUT2D eigenvalue weighted by molar-refractivity contribution is 0.303. The first-order chi connectivity index (χ1) is 12.9. The van der Waals surface area contributed by atoms with Crippen molar-refractivity contribution in [2.75, 3.05) is 0 Å². The summed E-state index contributed by atoms with van der Waals surface area (Å²) < 4.78 is 1.29. The Morgan fingerprint density at radius 3 is 2.59 bits per heavy atom. The van der Waals surface area contributed by atoms with Crippen molar-refractivity contribution < 1.29 is 5.11 Å². The third kappa shape index (κ3) is 3.85. The number of nitriles is 1. The van der Waals surface area contributed by atoms with E-state index in [4.69, 9.17) is 23.2 Å². The summed E-state index contributed by atoms with van der Waals surface area (Å²) in [5.41, 5.74) is 0.197. The molecule has 0 amide bonds. The van der Waals surface area contributed by atoms with E-state index in [-0.39, 0.29) is 28.7 Å². The van der Waals surface area contributed by atoms with Gasteiger partial charge in [0.25, 0.3) is 5.56 Å². The minimum Gasteiger partial charge on any atom is -0.493 e. The van der Waals surface area contributed by atoms with Crippen molar-refractivity contribution in [2.45, 2.75) is 45.1 Å². The van der Waals surface area contributed by atoms with Gasteiger partial charge in [0.1, 0.15) is 17.3 Å². The molecule has 0 atom stereocenters. The van der Waals surface area contributed by atoms with Crippen LogP contribution >= 0.6 is 23.2 Å². The van der Waals surface area contributed by atoms with E-state index in [1.165, 1.54) is 10.6 Å². The fraction of sp³-hybridized carbons (Fsp3) is 0.368. The van der Waals surface area contributed by atoms with Crippen LogP contribution in [-0.4, -0.2) is 9.67 Å². The van der Waals surface area contributed by atoms with Crippen LogP contribution in [0.4, 0.5) is 11.4 Å². The molecule has 1 aromatic carbocycles. The largest absolute Gasteiger partial charge is 0.493 e. The minimum absolute atomic E-state index is 0.0194. The lowest BCUT2D eigenvalue weighted by atomic mass is 9.94. The molecule has 0 unspecified atom stereocenters. The Morgan fingerprint density at radius 2 is 1.93 bits per heavy atom. The lowest BCUT2D eigenvalue weighted by Gasteiger charge is -2.25. The molecule has 0 saturated heterocycles. The topological polar surface area (TPSA) is 90.7 Å². The normalized spacial score (nSPS) is 15.2. The fourth-order valence-electron chi connectivity index (χ4n) is 3.37. The highest BCUT2D eigenvalue weighted by atomic mass is 35.5. The number of halogens is 2. The maximum absolute atomic E-state index is 13.0. The second-order valence-electron chi connectivity index (χ2n) is 6.55. The Morgan fingerprint density at radius 1 is 1.22 bits per heavy atom. The van der Waals surface area contributed by atoms with Crippen LogP contribution in [0.3, 0.4) is 0 Å². The van der Waals surface area contributed by atoms with E-state index in [9.17, 15) is 15.2 Å². The predicted octanol–water partition coefficient (Wildman–Crippen LogP) is 5.96. The van der Waals surface area contributed by atoms with Gasteiger partial charge >= 0.3 is 0 Å². The number of aromatic nitrogens is 1. The van der Waals surface area contributed by atoms with Gasteiger partial charge in [0.05, 0.1) is 5.02 Å². The summed E-state index contributed by atoms with van der Waals surface area (Å²) in [6, 6.07) is 6.57. The highest BCUT2D eigenvalue weighted by molar-refractivity contribution is 6.35. The average Bonchev–Trinajstić information content (AvgIpc) is 2.65. The van der Waals surface area contributed by atoms with Crippen molar-refractivity contribution in [1.82, 2.24) is 4.57 Å². The van der Waals surface area contributed by atoms with Crippen molar-refractivity contribution in [1.29, 1.82) is 5.26 Å². The molecule has 0 aliphatic heterocycles. The molecule has 3 rings (SSSR count). The molecule has 27 heavy (non-hydrogen) atoms. The molecule has 1 saturated carbocycles. The van der Waals surface area contributed by atoms with Crippen molar-refractivity contribution in [3.05, 3.63) is 49.7 Å². The van der Waals surface area contributed by atoms with E-state index in [1.54, 1.807) is 19.1 Å². The molecule has 1 aliphatic rings. The van der Waals surface area contributed by atoms with Gasteiger partial charge in [-0.15, -0.1) is 10.2 Å². The highest BCUT2D eigenvalue weighted by Gasteiger charge is 2.25. The molecule has 1 aliphatic carbocycles. The van der Waals surface area contributed by atoms with Gasteiger partial charge in [-0.3, -0.25) is 9.36 Å². The summed E-state index contributed by atoms with van der Waals surface area (Å²) in [5.74, 6) is -0.299. The number of hydrogen-bond acceptors (Lipinski definition) is 5. The first-order valence-corrected chi connectivity index (χ1v) is 9.44. The van der Waals surface area contributed by atoms with E-state index < -0.39 is 5.56 Å². The highest BCUT2D eigenvalue weighted by Crippen LogP contribution is 2.35. The van der Waals surface area contributed by atoms with Gasteiger partial charge in [-0.1, -0.05) is 42.5 Å². The third-order valence-corrected chi connectivity index (χ3v) is 5.38. The number of pyridine rings is 1. The molecule has 140 valence electrons. The second-order valence-corrected chi connectivity index (χ2v) is 7.39. The molecule has 1 N–H and O–H groups in total. The summed E-state index contributed by atoms with van der Waals surface area (Å²) >= 11 is 12.0. The number of azo groups is 1. The number of aromatic hydroxyl groups is 1. The van der Waals surface area contributed by atoms with Crippen LogP contribution in [0.5, 0.6) is 5.88 Å². The molecule has 1 fully saturated rings. The number of nitrogens with zero attached hydrogens (tertiary/aromatic N) is 4. The zero-order valence-corrected chi connectivity index (χ0v) is 16.3. The second kappa shape index (κ2) is 8.12. The van der Waals surface area contributed by atoms with Gasteiger partial charge in [-0.05, 0) is 38.0 Å². The van der Waals surface area contributed by atoms with Crippen molar-refractivity contribution in [3.8, 4) is 11.9 Å². The van der Waals surface area contributed by atoms with E-state index in [1.807, 2.05) is 6.07 Å². The maximum atomic E-state index is 13.0. The van der Waals surface area contributed by atoms with Gasteiger partial charge in [-0.2, -0.15) is 5.26 Å². The minimum atomic E-state index is -0.460. The Labute approximate surface area is 166 Å². The number of hydrogen-bond donors (Lipinski definition) is 1. The summed E-state index contributed by atoms with van der Waals surface area (Å²) in [6.45, 7) is 1.57. The van der Waals surface area contributed by atoms with Crippen LogP contribution in [0.1, 0.15) is 49.3 Å². The number of benzene rings is 1. The smallest absolute Gasteiger partial charge is 0.281 e. The Hall–Kier alpha value is -2.36. The average molecular weight is 405 g/mol.